The van der Waals surface area contributed by atoms with Gasteiger partial charge in [0.2, 0.25) is 11.6 Å². The van der Waals surface area contributed by atoms with Crippen molar-refractivity contribution in [2.24, 2.45) is 0 Å². The molecule has 0 radical (unpaired) electrons. The number of fused-ring (bicyclic) bond motifs is 5. The van der Waals surface area contributed by atoms with Crippen LogP contribution >= 0.6 is 0 Å². The van der Waals surface area contributed by atoms with E-state index in [1.54, 1.807) is 0 Å². The number of rotatable bonds is 5. The summed E-state index contributed by atoms with van der Waals surface area (Å²) < 4.78 is 21.4. The average molecular weight is 670 g/mol. The maximum atomic E-state index is 14.4. The first-order valence-corrected chi connectivity index (χ1v) is 15.0. The number of aliphatic hydroxyl groups excluding tert-OH is 3. The van der Waals surface area contributed by atoms with E-state index in [0.29, 0.717) is 0 Å². The lowest BCUT2D eigenvalue weighted by atomic mass is 9.57. The number of ether oxygens (including phenoxy) is 4. The number of ketones is 3. The largest absolute Gasteiger partial charge is 0.507 e. The second-order valence-corrected chi connectivity index (χ2v) is 12.5. The van der Waals surface area contributed by atoms with Gasteiger partial charge in [0.05, 0.1) is 36.1 Å². The van der Waals surface area contributed by atoms with Crippen LogP contribution in [0.4, 0.5) is 0 Å². The summed E-state index contributed by atoms with van der Waals surface area (Å²) in [5.41, 5.74) is -6.94. The first-order chi connectivity index (χ1) is 22.6. The molecule has 0 aromatic heterocycles. The summed E-state index contributed by atoms with van der Waals surface area (Å²) in [6, 6.07) is 2.62. The molecule has 6 rings (SSSR count). The van der Waals surface area contributed by atoms with E-state index in [0.717, 1.165) is 26.4 Å². The van der Waals surface area contributed by atoms with Gasteiger partial charge in [-0.3, -0.25) is 14.4 Å². The summed E-state index contributed by atoms with van der Waals surface area (Å²) in [4.78, 5) is 54.3. The third kappa shape index (κ3) is 4.32. The van der Waals surface area contributed by atoms with Gasteiger partial charge in [-0.15, -0.1) is 0 Å². The second-order valence-electron chi connectivity index (χ2n) is 12.5. The normalized spacial score (nSPS) is 32.4. The zero-order chi connectivity index (χ0) is 35.2. The quantitative estimate of drug-likeness (QED) is 0.198. The lowest BCUT2D eigenvalue weighted by Crippen LogP contribution is -2.70. The third-order valence-corrected chi connectivity index (χ3v) is 10.0. The zero-order valence-electron chi connectivity index (χ0n) is 26.6. The Kier molecular flexibility index (Phi) is 8.03. The number of nitrogens with one attached hydrogen (secondary N) is 1. The van der Waals surface area contributed by atoms with Crippen LogP contribution in [0.5, 0.6) is 11.5 Å². The van der Waals surface area contributed by atoms with Gasteiger partial charge in [-0.2, -0.15) is 0 Å². The van der Waals surface area contributed by atoms with Crippen molar-refractivity contribution < 1.29 is 68.8 Å². The highest BCUT2D eigenvalue weighted by Crippen LogP contribution is 2.56. The number of carbonyl (C=O) groups excluding carboxylic acids is 4. The predicted molar refractivity (Wildman–Crippen MR) is 161 cm³/mol. The van der Waals surface area contributed by atoms with Crippen molar-refractivity contribution in [3.8, 4) is 11.5 Å². The molecule has 1 heterocycles. The van der Waals surface area contributed by atoms with Gasteiger partial charge in [-0.05, 0) is 36.6 Å². The standard InChI is InChI=1S/C33H35NO14/c1-11-6-13-8-18(36)33(47-5)29(42)20-14(10-32(33,44)22(13)26(40)19(11)31(43)46-4)7-15-21(25(20)39)17(35)9-16(24(15)38)34-30-28(45-3)27(41)23(37)12(2)48-30/h6-7,9,12,18,23,27-28,30,34,36-37,39-41,44H,8,10H2,1-5H3/t12-,18+,23-,27+,28+,30?,32+,33+/m0/s1. The van der Waals surface area contributed by atoms with E-state index in [1.165, 1.54) is 27.0 Å². The molecule has 1 aliphatic heterocycles. The van der Waals surface area contributed by atoms with Gasteiger partial charge < -0.3 is 54.9 Å². The van der Waals surface area contributed by atoms with Crippen LogP contribution in [0.25, 0.3) is 0 Å². The maximum absolute atomic E-state index is 14.4. The first-order valence-electron chi connectivity index (χ1n) is 15.0. The number of aryl methyl sites for hydroxylation is 1. The Morgan fingerprint density at radius 1 is 1.00 bits per heavy atom. The van der Waals surface area contributed by atoms with Crippen LogP contribution in [0.15, 0.2) is 23.9 Å². The van der Waals surface area contributed by atoms with E-state index in [-0.39, 0.29) is 45.5 Å². The molecule has 4 aliphatic rings. The number of Topliss-reactive ketones (excluding diaryl/α,β-unsaturated/α-hetero) is 2. The van der Waals surface area contributed by atoms with E-state index >= 15 is 0 Å². The Morgan fingerprint density at radius 2 is 1.69 bits per heavy atom. The minimum Gasteiger partial charge on any atom is -0.507 e. The molecule has 2 aromatic rings. The number of methoxy groups -OCH3 is 3. The molecule has 0 bridgehead atoms. The van der Waals surface area contributed by atoms with Gasteiger partial charge in [0, 0.05) is 44.3 Å². The van der Waals surface area contributed by atoms with E-state index in [1.807, 2.05) is 0 Å². The fourth-order valence-corrected chi connectivity index (χ4v) is 7.72. The summed E-state index contributed by atoms with van der Waals surface area (Å²) >= 11 is 0. The fraction of sp³-hybridized carbons (Fsp3) is 0.455. The molecule has 15 heteroatoms. The fourth-order valence-electron chi connectivity index (χ4n) is 7.72. The predicted octanol–water partition coefficient (Wildman–Crippen LogP) is -0.544. The van der Waals surface area contributed by atoms with Gasteiger partial charge in [0.1, 0.15) is 41.0 Å². The SMILES string of the molecule is COC(=O)c1c(C)cc2c(c1O)[C@]1(O)Cc3cc4c(c(O)c3C(=O)[C@]1(OC)[C@H](O)C2)C(=O)C=C(NC1O[C@@H](C)[C@H](O)[C@@H](O)[C@H]1OC)C4=O. The number of hydrogen-bond acceptors (Lipinski definition) is 15. The van der Waals surface area contributed by atoms with Crippen molar-refractivity contribution in [2.75, 3.05) is 21.3 Å². The van der Waals surface area contributed by atoms with Crippen molar-refractivity contribution in [3.05, 3.63) is 68.4 Å². The summed E-state index contributed by atoms with van der Waals surface area (Å²) in [5, 5.41) is 70.2. The van der Waals surface area contributed by atoms with Gasteiger partial charge in [-0.1, -0.05) is 6.07 Å². The Morgan fingerprint density at radius 3 is 2.31 bits per heavy atom. The van der Waals surface area contributed by atoms with Crippen molar-refractivity contribution >= 4 is 23.3 Å². The lowest BCUT2D eigenvalue weighted by molar-refractivity contribution is -0.229. The van der Waals surface area contributed by atoms with Crippen molar-refractivity contribution in [1.29, 1.82) is 0 Å². The Labute approximate surface area is 273 Å². The molecule has 1 saturated heterocycles. The maximum Gasteiger partial charge on any atom is 0.341 e. The molecule has 2 aromatic carbocycles. The van der Waals surface area contributed by atoms with Crippen molar-refractivity contribution in [2.45, 2.75) is 74.6 Å². The van der Waals surface area contributed by atoms with Gasteiger partial charge in [0.15, 0.2) is 17.6 Å². The molecule has 15 nitrogen and oxygen atoms in total. The number of carbonyl (C=O) groups is 4. The summed E-state index contributed by atoms with van der Waals surface area (Å²) in [5.74, 6) is -5.33. The number of phenols is 2. The molecule has 1 unspecified atom stereocenters. The van der Waals surface area contributed by atoms with Crippen LogP contribution in [0, 0.1) is 6.92 Å². The lowest BCUT2D eigenvalue weighted by Gasteiger charge is -2.54. The molecular formula is C33H35NO14. The smallest absolute Gasteiger partial charge is 0.341 e. The van der Waals surface area contributed by atoms with Crippen LogP contribution in [0.1, 0.15) is 70.6 Å². The molecular weight excluding hydrogens is 634 g/mol. The number of benzene rings is 2. The summed E-state index contributed by atoms with van der Waals surface area (Å²) in [7, 11) is 3.41. The summed E-state index contributed by atoms with van der Waals surface area (Å²) in [6.45, 7) is 3.01. The van der Waals surface area contributed by atoms with Crippen LogP contribution in [-0.4, -0.2) is 118 Å². The Balaban J connectivity index is 1.49. The highest BCUT2D eigenvalue weighted by molar-refractivity contribution is 6.27. The van der Waals surface area contributed by atoms with Crippen molar-refractivity contribution in [1.82, 2.24) is 5.32 Å². The first kappa shape index (κ1) is 33.7. The highest BCUT2D eigenvalue weighted by Gasteiger charge is 2.68. The molecule has 256 valence electrons. The minimum absolute atomic E-state index is 0.121. The van der Waals surface area contributed by atoms with Gasteiger partial charge in [0.25, 0.3) is 0 Å². The number of esters is 1. The van der Waals surface area contributed by atoms with Crippen molar-refractivity contribution in [3.63, 3.8) is 0 Å². The molecule has 8 atom stereocenters. The zero-order valence-corrected chi connectivity index (χ0v) is 26.6. The monoisotopic (exact) mass is 669 g/mol. The van der Waals surface area contributed by atoms with Crippen LogP contribution in [-0.2, 0) is 37.4 Å². The number of hydrogen-bond donors (Lipinski definition) is 7. The Hall–Kier alpha value is -4.22. The third-order valence-electron chi connectivity index (χ3n) is 10.0. The van der Waals surface area contributed by atoms with E-state index in [4.69, 9.17) is 18.9 Å². The molecule has 7 N–H and O–H groups in total. The van der Waals surface area contributed by atoms with Crippen LogP contribution in [0.2, 0.25) is 0 Å². The Bertz CT molecular complexity index is 1820. The van der Waals surface area contributed by atoms with Gasteiger partial charge >= 0.3 is 5.97 Å². The highest BCUT2D eigenvalue weighted by atomic mass is 16.6. The summed E-state index contributed by atoms with van der Waals surface area (Å²) in [6.07, 6.45) is -7.72. The van der Waals surface area contributed by atoms with Crippen LogP contribution < -0.4 is 5.32 Å². The molecule has 3 aliphatic carbocycles. The molecule has 0 spiro atoms. The molecule has 48 heavy (non-hydrogen) atoms. The number of allylic oxidation sites excluding steroid dienone is 2. The average Bonchev–Trinajstić information content (AvgIpc) is 3.01. The van der Waals surface area contributed by atoms with Gasteiger partial charge in [-0.25, -0.2) is 4.79 Å². The van der Waals surface area contributed by atoms with E-state index in [2.05, 4.69) is 5.32 Å². The minimum atomic E-state index is -2.56. The van der Waals surface area contributed by atoms with E-state index < -0.39 is 100 Å². The second kappa shape index (κ2) is 11.4. The molecule has 0 amide bonds. The topological polar surface area (TPSA) is 239 Å². The molecule has 0 saturated carbocycles. The molecule has 1 fully saturated rings. The van der Waals surface area contributed by atoms with Crippen LogP contribution in [0.3, 0.4) is 0 Å². The number of aromatic hydroxyl groups is 2. The number of phenolic OH excluding ortho intramolecular Hbond substituents is 2. The number of aliphatic hydroxyl groups is 4. The van der Waals surface area contributed by atoms with E-state index in [9.17, 15) is 49.8 Å².